The summed E-state index contributed by atoms with van der Waals surface area (Å²) in [5.41, 5.74) is 1.90. The highest BCUT2D eigenvalue weighted by Crippen LogP contribution is 2.36. The number of halogens is 1. The Balaban J connectivity index is 1.50. The minimum absolute atomic E-state index is 0.0699. The fourth-order valence-corrected chi connectivity index (χ4v) is 6.94. The maximum atomic E-state index is 13.5. The van der Waals surface area contributed by atoms with Crippen LogP contribution in [0.5, 0.6) is 5.75 Å². The minimum atomic E-state index is -3.09. The second-order valence-electron chi connectivity index (χ2n) is 9.45. The Morgan fingerprint density at radius 2 is 1.76 bits per heavy atom. The van der Waals surface area contributed by atoms with Gasteiger partial charge in [-0.25, -0.2) is 12.8 Å². The van der Waals surface area contributed by atoms with Gasteiger partial charge >= 0.3 is 0 Å². The molecule has 1 saturated carbocycles. The van der Waals surface area contributed by atoms with Crippen LogP contribution in [-0.4, -0.2) is 50.4 Å². The number of sulfone groups is 1. The molecule has 184 valence electrons. The van der Waals surface area contributed by atoms with Crippen LogP contribution in [0, 0.1) is 11.7 Å². The predicted octanol–water partition coefficient (Wildman–Crippen LogP) is 3.87. The molecule has 1 N–H and O–H groups in total. The van der Waals surface area contributed by atoms with E-state index >= 15 is 0 Å². The van der Waals surface area contributed by atoms with Crippen molar-refractivity contribution in [3.8, 4) is 5.75 Å². The summed E-state index contributed by atoms with van der Waals surface area (Å²) in [6.07, 6.45) is 4.83. The highest BCUT2D eigenvalue weighted by molar-refractivity contribution is 7.91. The van der Waals surface area contributed by atoms with Crippen molar-refractivity contribution in [3.05, 3.63) is 65.5 Å². The normalized spacial score (nSPS) is 21.0. The topological polar surface area (TPSA) is 75.7 Å². The van der Waals surface area contributed by atoms with Gasteiger partial charge in [0, 0.05) is 12.6 Å². The van der Waals surface area contributed by atoms with Crippen LogP contribution in [0.4, 0.5) is 4.39 Å². The molecule has 4 rings (SSSR count). The number of benzene rings is 2. The van der Waals surface area contributed by atoms with Crippen LogP contribution in [0.15, 0.2) is 48.5 Å². The molecular formula is C26H33FN2O4S. The second kappa shape index (κ2) is 10.9. The van der Waals surface area contributed by atoms with Gasteiger partial charge in [-0.3, -0.25) is 9.69 Å². The Morgan fingerprint density at radius 3 is 2.35 bits per heavy atom. The number of hydrogen-bond donors (Lipinski definition) is 1. The third-order valence-electron chi connectivity index (χ3n) is 7.03. The molecule has 2 aliphatic rings. The molecule has 1 amide bonds. The molecule has 2 unspecified atom stereocenters. The Hall–Kier alpha value is -2.45. The summed E-state index contributed by atoms with van der Waals surface area (Å²) in [4.78, 5) is 15.2. The smallest absolute Gasteiger partial charge is 0.234 e. The van der Waals surface area contributed by atoms with Crippen LogP contribution in [-0.2, 0) is 21.2 Å². The number of amides is 1. The molecule has 0 spiro atoms. The Bertz CT molecular complexity index is 1070. The van der Waals surface area contributed by atoms with Crippen molar-refractivity contribution in [2.45, 2.75) is 50.7 Å². The molecule has 2 aromatic rings. The maximum absolute atomic E-state index is 13.5. The van der Waals surface area contributed by atoms with Crippen LogP contribution < -0.4 is 10.1 Å². The average Bonchev–Trinajstić information content (AvgIpc) is 3.48. The molecule has 2 aromatic carbocycles. The lowest BCUT2D eigenvalue weighted by atomic mass is 9.91. The summed E-state index contributed by atoms with van der Waals surface area (Å²) in [5.74, 6) is 0.845. The molecule has 0 aromatic heterocycles. The summed E-state index contributed by atoms with van der Waals surface area (Å²) in [6.45, 7) is 0.582. The SMILES string of the molecule is COc1ccc(CN(CC(=O)NC(c2ccc(F)cc2)C2CCCC2)C2CCS(=O)(=O)C2)cc1. The maximum Gasteiger partial charge on any atom is 0.234 e. The molecule has 1 aliphatic carbocycles. The van der Waals surface area contributed by atoms with Gasteiger partial charge in [-0.2, -0.15) is 0 Å². The monoisotopic (exact) mass is 488 g/mol. The van der Waals surface area contributed by atoms with Gasteiger partial charge in [0.2, 0.25) is 5.91 Å². The van der Waals surface area contributed by atoms with Crippen LogP contribution in [0.1, 0.15) is 49.3 Å². The summed E-state index contributed by atoms with van der Waals surface area (Å²) in [5, 5.41) is 3.20. The van der Waals surface area contributed by atoms with Crippen molar-refractivity contribution < 1.29 is 22.3 Å². The number of nitrogens with one attached hydrogen (secondary N) is 1. The van der Waals surface area contributed by atoms with Gasteiger partial charge in [0.1, 0.15) is 11.6 Å². The van der Waals surface area contributed by atoms with E-state index in [9.17, 15) is 17.6 Å². The fraction of sp³-hybridized carbons (Fsp3) is 0.500. The van der Waals surface area contributed by atoms with Crippen molar-refractivity contribution in [2.75, 3.05) is 25.2 Å². The van der Waals surface area contributed by atoms with Gasteiger partial charge in [-0.05, 0) is 60.6 Å². The number of ether oxygens (including phenoxy) is 1. The zero-order valence-electron chi connectivity index (χ0n) is 19.6. The second-order valence-corrected chi connectivity index (χ2v) is 11.7. The lowest BCUT2D eigenvalue weighted by Crippen LogP contribution is -2.45. The van der Waals surface area contributed by atoms with Gasteiger partial charge < -0.3 is 10.1 Å². The first-order chi connectivity index (χ1) is 16.3. The summed E-state index contributed by atoms with van der Waals surface area (Å²) in [7, 11) is -1.48. The molecule has 6 nitrogen and oxygen atoms in total. The Labute approximate surface area is 201 Å². The van der Waals surface area contributed by atoms with E-state index in [4.69, 9.17) is 4.74 Å². The van der Waals surface area contributed by atoms with E-state index in [0.29, 0.717) is 18.9 Å². The first-order valence-electron chi connectivity index (χ1n) is 12.0. The van der Waals surface area contributed by atoms with Crippen LogP contribution in [0.25, 0.3) is 0 Å². The third kappa shape index (κ3) is 6.36. The highest BCUT2D eigenvalue weighted by atomic mass is 32.2. The molecule has 2 fully saturated rings. The van der Waals surface area contributed by atoms with E-state index in [-0.39, 0.29) is 41.9 Å². The van der Waals surface area contributed by atoms with Gasteiger partial charge in [0.05, 0.1) is 31.2 Å². The van der Waals surface area contributed by atoms with Crippen molar-refractivity contribution in [1.29, 1.82) is 0 Å². The summed E-state index contributed by atoms with van der Waals surface area (Å²) >= 11 is 0. The van der Waals surface area contributed by atoms with Crippen LogP contribution >= 0.6 is 0 Å². The number of methoxy groups -OCH3 is 1. The van der Waals surface area contributed by atoms with Crippen molar-refractivity contribution in [1.82, 2.24) is 10.2 Å². The van der Waals surface area contributed by atoms with Crippen LogP contribution in [0.2, 0.25) is 0 Å². The zero-order valence-corrected chi connectivity index (χ0v) is 20.4. The summed E-state index contributed by atoms with van der Waals surface area (Å²) in [6, 6.07) is 13.6. The van der Waals surface area contributed by atoms with Gasteiger partial charge in [0.15, 0.2) is 9.84 Å². The molecule has 0 radical (unpaired) electrons. The van der Waals surface area contributed by atoms with Crippen molar-refractivity contribution in [2.24, 2.45) is 5.92 Å². The van der Waals surface area contributed by atoms with Crippen molar-refractivity contribution >= 4 is 15.7 Å². The lowest BCUT2D eigenvalue weighted by Gasteiger charge is -2.30. The van der Waals surface area contributed by atoms with E-state index in [1.807, 2.05) is 29.2 Å². The van der Waals surface area contributed by atoms with E-state index in [1.54, 1.807) is 19.2 Å². The summed E-state index contributed by atoms with van der Waals surface area (Å²) < 4.78 is 43.0. The number of nitrogens with zero attached hydrogens (tertiary/aromatic N) is 1. The minimum Gasteiger partial charge on any atom is -0.497 e. The van der Waals surface area contributed by atoms with E-state index in [1.165, 1.54) is 12.1 Å². The molecule has 8 heteroatoms. The molecule has 1 heterocycles. The first-order valence-corrected chi connectivity index (χ1v) is 13.8. The number of hydrogen-bond acceptors (Lipinski definition) is 5. The third-order valence-corrected chi connectivity index (χ3v) is 8.78. The molecule has 1 saturated heterocycles. The molecule has 0 bridgehead atoms. The van der Waals surface area contributed by atoms with E-state index < -0.39 is 9.84 Å². The number of carbonyl (C=O) groups excluding carboxylic acids is 1. The lowest BCUT2D eigenvalue weighted by molar-refractivity contribution is -0.124. The first kappa shape index (κ1) is 24.7. The number of rotatable bonds is 9. The van der Waals surface area contributed by atoms with Gasteiger partial charge in [0.25, 0.3) is 0 Å². The highest BCUT2D eigenvalue weighted by Gasteiger charge is 2.34. The zero-order chi connectivity index (χ0) is 24.1. The standard InChI is InChI=1S/C26H33FN2O4S/c1-33-24-12-6-19(7-13-24)16-29(23-14-15-34(31,32)18-23)17-25(30)28-26(20-4-2-3-5-20)21-8-10-22(27)11-9-21/h6-13,20,23,26H,2-5,14-18H2,1H3,(H,28,30). The van der Waals surface area contributed by atoms with E-state index in [0.717, 1.165) is 42.6 Å². The predicted molar refractivity (Wildman–Crippen MR) is 130 cm³/mol. The molecule has 2 atom stereocenters. The molecule has 1 aliphatic heterocycles. The Kier molecular flexibility index (Phi) is 7.88. The fourth-order valence-electron chi connectivity index (χ4n) is 5.18. The van der Waals surface area contributed by atoms with Gasteiger partial charge in [-0.1, -0.05) is 37.1 Å². The molecule has 34 heavy (non-hydrogen) atoms. The average molecular weight is 489 g/mol. The number of carbonyl (C=O) groups is 1. The van der Waals surface area contributed by atoms with Crippen LogP contribution in [0.3, 0.4) is 0 Å². The quantitative estimate of drug-likeness (QED) is 0.580. The van der Waals surface area contributed by atoms with E-state index in [2.05, 4.69) is 5.32 Å². The van der Waals surface area contributed by atoms with Crippen molar-refractivity contribution in [3.63, 3.8) is 0 Å². The largest absolute Gasteiger partial charge is 0.497 e. The molecular weight excluding hydrogens is 455 g/mol. The van der Waals surface area contributed by atoms with Gasteiger partial charge in [-0.15, -0.1) is 0 Å². The Morgan fingerprint density at radius 1 is 1.09 bits per heavy atom.